The molecule has 3 rings (SSSR count). The van der Waals surface area contributed by atoms with E-state index in [0.717, 1.165) is 30.2 Å². The third-order valence-corrected chi connectivity index (χ3v) is 4.95. The molecule has 0 radical (unpaired) electrons. The summed E-state index contributed by atoms with van der Waals surface area (Å²) in [6.45, 7) is 4.38. The molecule has 1 spiro atoms. The Hall–Kier alpha value is -1.25. The molecule has 2 heterocycles. The monoisotopic (exact) mass is 245 g/mol. The molecule has 1 saturated carbocycles. The van der Waals surface area contributed by atoms with E-state index in [-0.39, 0.29) is 0 Å². The highest BCUT2D eigenvalue weighted by molar-refractivity contribution is 5.52. The van der Waals surface area contributed by atoms with Crippen molar-refractivity contribution in [3.05, 3.63) is 17.8 Å². The largest absolute Gasteiger partial charge is 0.397 e. The Morgan fingerprint density at radius 2 is 1.83 bits per heavy atom. The highest BCUT2D eigenvalue weighted by Gasteiger charge is 2.37. The van der Waals surface area contributed by atoms with Gasteiger partial charge in [0.2, 0.25) is 0 Å². The molecule has 1 aromatic rings. The Bertz CT molecular complexity index is 425. The van der Waals surface area contributed by atoms with Crippen LogP contribution in [0.4, 0.5) is 11.5 Å². The molecular weight excluding hydrogens is 222 g/mol. The minimum Gasteiger partial charge on any atom is -0.397 e. The van der Waals surface area contributed by atoms with Crippen LogP contribution in [0.15, 0.2) is 12.3 Å². The van der Waals surface area contributed by atoms with Gasteiger partial charge in [0.25, 0.3) is 0 Å². The Balaban J connectivity index is 1.70. The second kappa shape index (κ2) is 4.45. The van der Waals surface area contributed by atoms with Crippen molar-refractivity contribution in [3.8, 4) is 0 Å². The number of aromatic nitrogens is 1. The molecule has 0 aromatic carbocycles. The van der Waals surface area contributed by atoms with Crippen LogP contribution in [-0.2, 0) is 0 Å². The molecule has 1 aliphatic carbocycles. The standard InChI is InChI=1S/C15H23N3/c1-12-10-14(17-11-13(12)16)18-8-6-15(7-9-18)4-2-3-5-15/h10-11H,2-9,16H2,1H3. The van der Waals surface area contributed by atoms with Crippen LogP contribution in [0.5, 0.6) is 0 Å². The van der Waals surface area contributed by atoms with Crippen LogP contribution in [0.25, 0.3) is 0 Å². The van der Waals surface area contributed by atoms with E-state index in [2.05, 4.69) is 22.9 Å². The van der Waals surface area contributed by atoms with E-state index in [1.165, 1.54) is 38.5 Å². The number of nitrogens with zero attached hydrogens (tertiary/aromatic N) is 2. The highest BCUT2D eigenvalue weighted by atomic mass is 15.2. The van der Waals surface area contributed by atoms with Crippen molar-refractivity contribution in [3.63, 3.8) is 0 Å². The van der Waals surface area contributed by atoms with Crippen LogP contribution in [0.3, 0.4) is 0 Å². The molecule has 0 bridgehead atoms. The van der Waals surface area contributed by atoms with Gasteiger partial charge in [0.05, 0.1) is 11.9 Å². The van der Waals surface area contributed by atoms with Crippen LogP contribution in [0, 0.1) is 12.3 Å². The minimum atomic E-state index is 0.680. The quantitative estimate of drug-likeness (QED) is 0.826. The zero-order valence-electron chi connectivity index (χ0n) is 11.3. The van der Waals surface area contributed by atoms with E-state index in [0.29, 0.717) is 5.41 Å². The number of hydrogen-bond donors (Lipinski definition) is 1. The van der Waals surface area contributed by atoms with Gasteiger partial charge in [0, 0.05) is 13.1 Å². The SMILES string of the molecule is Cc1cc(N2CCC3(CCCC3)CC2)ncc1N. The number of aryl methyl sites for hydroxylation is 1. The summed E-state index contributed by atoms with van der Waals surface area (Å²) in [6.07, 6.45) is 10.3. The first kappa shape index (κ1) is 11.8. The average molecular weight is 245 g/mol. The van der Waals surface area contributed by atoms with Gasteiger partial charge in [0.15, 0.2) is 0 Å². The van der Waals surface area contributed by atoms with E-state index >= 15 is 0 Å². The molecular formula is C15H23N3. The lowest BCUT2D eigenvalue weighted by Crippen LogP contribution is -2.39. The Kier molecular flexibility index (Phi) is 2.92. The summed E-state index contributed by atoms with van der Waals surface area (Å²) in [5.41, 5.74) is 8.45. The maximum absolute atomic E-state index is 5.83. The number of rotatable bonds is 1. The van der Waals surface area contributed by atoms with Crippen LogP contribution in [0.2, 0.25) is 0 Å². The lowest BCUT2D eigenvalue weighted by Gasteiger charge is -2.40. The summed E-state index contributed by atoms with van der Waals surface area (Å²) in [6, 6.07) is 2.13. The zero-order valence-corrected chi connectivity index (χ0v) is 11.3. The lowest BCUT2D eigenvalue weighted by molar-refractivity contribution is 0.226. The van der Waals surface area contributed by atoms with Gasteiger partial charge < -0.3 is 10.6 Å². The first-order valence-electron chi connectivity index (χ1n) is 7.16. The minimum absolute atomic E-state index is 0.680. The summed E-state index contributed by atoms with van der Waals surface area (Å²) in [4.78, 5) is 6.91. The van der Waals surface area contributed by atoms with Crippen LogP contribution in [0.1, 0.15) is 44.1 Å². The van der Waals surface area contributed by atoms with E-state index in [1.54, 1.807) is 6.20 Å². The predicted molar refractivity (Wildman–Crippen MR) is 75.7 cm³/mol. The summed E-state index contributed by atoms with van der Waals surface area (Å²) in [5, 5.41) is 0. The fourth-order valence-corrected chi connectivity index (χ4v) is 3.56. The smallest absolute Gasteiger partial charge is 0.128 e. The van der Waals surface area contributed by atoms with Crippen molar-refractivity contribution in [2.45, 2.75) is 45.4 Å². The maximum atomic E-state index is 5.83. The van der Waals surface area contributed by atoms with Gasteiger partial charge in [-0.1, -0.05) is 12.8 Å². The lowest BCUT2D eigenvalue weighted by atomic mass is 9.77. The molecule has 3 nitrogen and oxygen atoms in total. The molecule has 2 N–H and O–H groups in total. The fraction of sp³-hybridized carbons (Fsp3) is 0.667. The van der Waals surface area contributed by atoms with Crippen molar-refractivity contribution < 1.29 is 0 Å². The average Bonchev–Trinajstić information content (AvgIpc) is 2.82. The zero-order chi connectivity index (χ0) is 12.6. The van der Waals surface area contributed by atoms with Gasteiger partial charge in [-0.15, -0.1) is 0 Å². The molecule has 0 atom stereocenters. The molecule has 3 heteroatoms. The molecule has 1 aliphatic heterocycles. The topological polar surface area (TPSA) is 42.2 Å². The number of pyridine rings is 1. The molecule has 1 aromatic heterocycles. The highest BCUT2D eigenvalue weighted by Crippen LogP contribution is 2.46. The molecule has 0 unspecified atom stereocenters. The number of anilines is 2. The van der Waals surface area contributed by atoms with Crippen molar-refractivity contribution >= 4 is 11.5 Å². The summed E-state index contributed by atoms with van der Waals surface area (Å²) < 4.78 is 0. The summed E-state index contributed by atoms with van der Waals surface area (Å²) in [7, 11) is 0. The molecule has 98 valence electrons. The van der Waals surface area contributed by atoms with Gasteiger partial charge in [0.1, 0.15) is 5.82 Å². The second-order valence-corrected chi connectivity index (χ2v) is 6.09. The van der Waals surface area contributed by atoms with E-state index in [4.69, 9.17) is 5.73 Å². The summed E-state index contributed by atoms with van der Waals surface area (Å²) in [5.74, 6) is 1.11. The fourth-order valence-electron chi connectivity index (χ4n) is 3.56. The van der Waals surface area contributed by atoms with Crippen molar-refractivity contribution in [2.24, 2.45) is 5.41 Å². The maximum Gasteiger partial charge on any atom is 0.128 e. The molecule has 1 saturated heterocycles. The number of hydrogen-bond acceptors (Lipinski definition) is 3. The van der Waals surface area contributed by atoms with E-state index in [9.17, 15) is 0 Å². The van der Waals surface area contributed by atoms with E-state index in [1.807, 2.05) is 0 Å². The van der Waals surface area contributed by atoms with Crippen molar-refractivity contribution in [1.82, 2.24) is 4.98 Å². The van der Waals surface area contributed by atoms with Gasteiger partial charge in [-0.25, -0.2) is 4.98 Å². The van der Waals surface area contributed by atoms with Crippen LogP contribution in [-0.4, -0.2) is 18.1 Å². The first-order valence-corrected chi connectivity index (χ1v) is 7.16. The van der Waals surface area contributed by atoms with Crippen LogP contribution >= 0.6 is 0 Å². The predicted octanol–water partition coefficient (Wildman–Crippen LogP) is 3.13. The van der Waals surface area contributed by atoms with Gasteiger partial charge in [-0.05, 0) is 49.7 Å². The Labute approximate surface area is 109 Å². The number of nitrogens with two attached hydrogens (primary N) is 1. The molecule has 18 heavy (non-hydrogen) atoms. The first-order chi connectivity index (χ1) is 8.69. The second-order valence-electron chi connectivity index (χ2n) is 6.09. The Morgan fingerprint density at radius 3 is 2.44 bits per heavy atom. The van der Waals surface area contributed by atoms with Gasteiger partial charge >= 0.3 is 0 Å². The van der Waals surface area contributed by atoms with Gasteiger partial charge in [-0.3, -0.25) is 0 Å². The third-order valence-electron chi connectivity index (χ3n) is 4.95. The molecule has 2 fully saturated rings. The number of piperidine rings is 1. The Morgan fingerprint density at radius 1 is 1.17 bits per heavy atom. The van der Waals surface area contributed by atoms with Crippen LogP contribution < -0.4 is 10.6 Å². The van der Waals surface area contributed by atoms with E-state index < -0.39 is 0 Å². The molecule has 0 amide bonds. The third kappa shape index (κ3) is 2.06. The van der Waals surface area contributed by atoms with Gasteiger partial charge in [-0.2, -0.15) is 0 Å². The van der Waals surface area contributed by atoms with Crippen molar-refractivity contribution in [1.29, 1.82) is 0 Å². The summed E-state index contributed by atoms with van der Waals surface area (Å²) >= 11 is 0. The number of nitrogen functional groups attached to an aromatic ring is 1. The molecule has 2 aliphatic rings. The normalized spacial score (nSPS) is 22.6. The van der Waals surface area contributed by atoms with Crippen molar-refractivity contribution in [2.75, 3.05) is 23.7 Å².